The van der Waals surface area contributed by atoms with Crippen LogP contribution in [-0.2, 0) is 6.54 Å². The number of hydrogen-bond acceptors (Lipinski definition) is 7. The topological polar surface area (TPSA) is 116 Å². The minimum absolute atomic E-state index is 0.0387. The third kappa shape index (κ3) is 3.63. The zero-order valence-corrected chi connectivity index (χ0v) is 20.7. The molecule has 6 aromatic rings. The van der Waals surface area contributed by atoms with E-state index in [0.29, 0.717) is 22.1 Å². The highest BCUT2D eigenvalue weighted by atomic mass is 19.1. The first-order valence-electron chi connectivity index (χ1n) is 12.4. The Morgan fingerprint density at radius 1 is 1.05 bits per heavy atom. The van der Waals surface area contributed by atoms with Gasteiger partial charge in [-0.3, -0.25) is 18.7 Å². The van der Waals surface area contributed by atoms with Crippen LogP contribution >= 0.6 is 0 Å². The molecule has 5 heterocycles. The number of nitrogens with zero attached hydrogens (tertiary/aromatic N) is 8. The fraction of sp³-hybridized carbons (Fsp3) is 0.143. The molecule has 0 amide bonds. The van der Waals surface area contributed by atoms with Gasteiger partial charge < -0.3 is 4.74 Å². The van der Waals surface area contributed by atoms with Crippen molar-refractivity contribution < 1.29 is 13.5 Å². The molecule has 196 valence electrons. The fourth-order valence-corrected chi connectivity index (χ4v) is 5.19. The monoisotopic (exact) mass is 536 g/mol. The first-order chi connectivity index (χ1) is 19.5. The Kier molecular flexibility index (Phi) is 5.38. The van der Waals surface area contributed by atoms with Gasteiger partial charge in [0.05, 0.1) is 53.6 Å². The molecule has 10 nitrogen and oxygen atoms in total. The molecule has 1 aliphatic rings. The van der Waals surface area contributed by atoms with E-state index in [-0.39, 0.29) is 42.5 Å². The van der Waals surface area contributed by atoms with E-state index in [1.165, 1.54) is 21.7 Å². The van der Waals surface area contributed by atoms with E-state index in [0.717, 1.165) is 17.7 Å². The van der Waals surface area contributed by atoms with Gasteiger partial charge in [-0.15, -0.1) is 0 Å². The number of hydrogen-bond donors (Lipinski definition) is 0. The van der Waals surface area contributed by atoms with E-state index in [4.69, 9.17) is 9.72 Å². The largest absolute Gasteiger partial charge is 0.490 e. The van der Waals surface area contributed by atoms with E-state index < -0.39 is 23.4 Å². The molecule has 40 heavy (non-hydrogen) atoms. The summed E-state index contributed by atoms with van der Waals surface area (Å²) in [5.41, 5.74) is 2.65. The molecule has 0 fully saturated rings. The minimum atomic E-state index is -0.874. The molecule has 0 saturated heterocycles. The smallest absolute Gasteiger partial charge is 0.331 e. The lowest BCUT2D eigenvalue weighted by Gasteiger charge is -2.27. The highest BCUT2D eigenvalue weighted by Gasteiger charge is 2.33. The Morgan fingerprint density at radius 3 is 2.70 bits per heavy atom. The van der Waals surface area contributed by atoms with Crippen molar-refractivity contribution in [2.45, 2.75) is 19.0 Å². The third-order valence-electron chi connectivity index (χ3n) is 7.05. The lowest BCUT2D eigenvalue weighted by molar-refractivity contribution is 0.238. The number of rotatable bonds is 4. The number of fused-ring (bicyclic) bond motifs is 3. The summed E-state index contributed by atoms with van der Waals surface area (Å²) < 4.78 is 39.8. The molecule has 4 aromatic heterocycles. The van der Waals surface area contributed by atoms with Gasteiger partial charge in [0.2, 0.25) is 5.95 Å². The Morgan fingerprint density at radius 2 is 1.88 bits per heavy atom. The standard InChI is InChI=1S/C28H18F2N8O2/c29-18-2-3-19(30)25-24(18)21(7-10-40-25)38-26-23(36(28(38)39)14-16-5-8-32-9-6-16)13-33-27(35-26)37-15-34-20-4-1-17(12-31)11-22(20)37/h1-6,8-9,11,13,15,21H,7,10,14H2/t21-/m1/s1. The summed E-state index contributed by atoms with van der Waals surface area (Å²) in [6.07, 6.45) is 6.53. The van der Waals surface area contributed by atoms with E-state index >= 15 is 4.39 Å². The third-order valence-corrected chi connectivity index (χ3v) is 7.05. The lowest BCUT2D eigenvalue weighted by Crippen LogP contribution is -2.32. The molecular weight excluding hydrogens is 518 g/mol. The number of imidazole rings is 2. The maximum absolute atomic E-state index is 15.2. The van der Waals surface area contributed by atoms with Crippen LogP contribution in [0.1, 0.15) is 29.2 Å². The second kappa shape index (κ2) is 9.09. The van der Waals surface area contributed by atoms with Crippen LogP contribution < -0.4 is 10.4 Å². The maximum Gasteiger partial charge on any atom is 0.331 e. The quantitative estimate of drug-likeness (QED) is 0.336. The predicted molar refractivity (Wildman–Crippen MR) is 139 cm³/mol. The van der Waals surface area contributed by atoms with Crippen molar-refractivity contribution in [2.75, 3.05) is 6.61 Å². The van der Waals surface area contributed by atoms with Gasteiger partial charge in [0.15, 0.2) is 17.2 Å². The Hall–Kier alpha value is -5.44. The molecule has 0 spiro atoms. The van der Waals surface area contributed by atoms with Crippen LogP contribution in [0.15, 0.2) is 72.2 Å². The summed E-state index contributed by atoms with van der Waals surface area (Å²) in [5.74, 6) is -1.39. The normalized spacial score (nSPS) is 14.7. The molecule has 1 aliphatic heterocycles. The molecule has 0 N–H and O–H groups in total. The second-order valence-corrected chi connectivity index (χ2v) is 9.33. The van der Waals surface area contributed by atoms with Crippen LogP contribution in [0.4, 0.5) is 8.78 Å². The summed E-state index contributed by atoms with van der Waals surface area (Å²) in [4.78, 5) is 31.7. The van der Waals surface area contributed by atoms with E-state index in [2.05, 4.69) is 21.0 Å². The Balaban J connectivity index is 1.48. The maximum atomic E-state index is 15.2. The van der Waals surface area contributed by atoms with Gasteiger partial charge in [0.1, 0.15) is 17.7 Å². The first kappa shape index (κ1) is 23.7. The fourth-order valence-electron chi connectivity index (χ4n) is 5.19. The van der Waals surface area contributed by atoms with E-state index in [1.807, 2.05) is 0 Å². The summed E-state index contributed by atoms with van der Waals surface area (Å²) in [7, 11) is 0. The van der Waals surface area contributed by atoms with Gasteiger partial charge in [-0.2, -0.15) is 10.2 Å². The van der Waals surface area contributed by atoms with Crippen LogP contribution in [0.25, 0.3) is 28.1 Å². The summed E-state index contributed by atoms with van der Waals surface area (Å²) in [6.45, 7) is 0.275. The summed E-state index contributed by atoms with van der Waals surface area (Å²) in [5, 5.41) is 9.37. The van der Waals surface area contributed by atoms with Crippen molar-refractivity contribution in [1.29, 1.82) is 5.26 Å². The SMILES string of the molecule is N#Cc1ccc2ncn(-c3ncc4c(n3)n([C@@H]3CCOc5c(F)ccc(F)c53)c(=O)n4Cc3ccncc3)c2c1. The van der Waals surface area contributed by atoms with Gasteiger partial charge >= 0.3 is 5.69 Å². The molecule has 7 rings (SSSR count). The number of benzene rings is 2. The molecular formula is C28H18F2N8O2. The van der Waals surface area contributed by atoms with E-state index in [1.54, 1.807) is 47.3 Å². The molecule has 0 saturated carbocycles. The zero-order chi connectivity index (χ0) is 27.4. The minimum Gasteiger partial charge on any atom is -0.490 e. The van der Waals surface area contributed by atoms with Crippen LogP contribution in [0.5, 0.6) is 5.75 Å². The molecule has 1 atom stereocenters. The van der Waals surface area contributed by atoms with Crippen molar-refractivity contribution in [3.05, 3.63) is 106 Å². The molecule has 2 aromatic carbocycles. The van der Waals surface area contributed by atoms with Crippen molar-refractivity contribution in [2.24, 2.45) is 0 Å². The van der Waals surface area contributed by atoms with Gasteiger partial charge in [-0.1, -0.05) is 0 Å². The lowest BCUT2D eigenvalue weighted by atomic mass is 9.99. The van der Waals surface area contributed by atoms with Gasteiger partial charge in [0.25, 0.3) is 0 Å². The highest BCUT2D eigenvalue weighted by Crippen LogP contribution is 2.39. The number of ether oxygens (including phenoxy) is 1. The number of halogens is 2. The molecule has 0 aliphatic carbocycles. The van der Waals surface area contributed by atoms with Crippen molar-refractivity contribution in [1.82, 2.24) is 33.6 Å². The van der Waals surface area contributed by atoms with Crippen LogP contribution in [0.3, 0.4) is 0 Å². The number of pyridine rings is 1. The van der Waals surface area contributed by atoms with Crippen molar-refractivity contribution in [3.8, 4) is 17.8 Å². The van der Waals surface area contributed by atoms with Crippen LogP contribution in [0.2, 0.25) is 0 Å². The first-order valence-corrected chi connectivity index (χ1v) is 12.4. The van der Waals surface area contributed by atoms with Crippen molar-refractivity contribution >= 4 is 22.2 Å². The molecule has 0 radical (unpaired) electrons. The molecule has 0 bridgehead atoms. The average molecular weight is 537 g/mol. The summed E-state index contributed by atoms with van der Waals surface area (Å²) >= 11 is 0. The number of aromatic nitrogens is 7. The van der Waals surface area contributed by atoms with Crippen LogP contribution in [0, 0.1) is 23.0 Å². The Labute approximate surface area is 224 Å². The molecule has 12 heteroatoms. The van der Waals surface area contributed by atoms with Gasteiger partial charge in [-0.25, -0.2) is 23.5 Å². The predicted octanol–water partition coefficient (Wildman–Crippen LogP) is 3.90. The van der Waals surface area contributed by atoms with Gasteiger partial charge in [0, 0.05) is 18.8 Å². The summed E-state index contributed by atoms with van der Waals surface area (Å²) in [6, 6.07) is 11.9. The van der Waals surface area contributed by atoms with E-state index in [9.17, 15) is 14.4 Å². The van der Waals surface area contributed by atoms with Crippen molar-refractivity contribution in [3.63, 3.8) is 0 Å². The average Bonchev–Trinajstić information content (AvgIpc) is 3.53. The van der Waals surface area contributed by atoms with Crippen LogP contribution in [-0.4, -0.2) is 40.2 Å². The zero-order valence-electron chi connectivity index (χ0n) is 20.7. The number of nitriles is 1. The molecule has 0 unspecified atom stereocenters. The second-order valence-electron chi connectivity index (χ2n) is 9.33. The van der Waals surface area contributed by atoms with Gasteiger partial charge in [-0.05, 0) is 48.0 Å². The highest BCUT2D eigenvalue weighted by molar-refractivity contribution is 5.79. The Bertz CT molecular complexity index is 2040.